The minimum atomic E-state index is -0.714. The molecule has 0 aromatic heterocycles. The minimum Gasteiger partial charge on any atom is -0.444 e. The van der Waals surface area contributed by atoms with E-state index in [1.165, 1.54) is 0 Å². The van der Waals surface area contributed by atoms with Gasteiger partial charge in [-0.05, 0) is 51.2 Å². The number of alkyl halides is 1. The van der Waals surface area contributed by atoms with Crippen LogP contribution in [0.25, 0.3) is 0 Å². The third kappa shape index (κ3) is 3.38. The Morgan fingerprint density at radius 1 is 1.32 bits per heavy atom. The quantitative estimate of drug-likeness (QED) is 0.688. The van der Waals surface area contributed by atoms with Crippen LogP contribution in [0.2, 0.25) is 0 Å². The highest BCUT2D eigenvalue weighted by atomic mass is 35.5. The van der Waals surface area contributed by atoms with Crippen molar-refractivity contribution in [1.82, 2.24) is 4.90 Å². The number of benzene rings is 1. The third-order valence-corrected chi connectivity index (χ3v) is 5.93. The van der Waals surface area contributed by atoms with Gasteiger partial charge in [-0.15, -0.1) is 11.6 Å². The number of hydrogen-bond donors (Lipinski definition) is 0. The summed E-state index contributed by atoms with van der Waals surface area (Å²) >= 11 is 5.90. The predicted octanol–water partition coefficient (Wildman–Crippen LogP) is 4.57. The van der Waals surface area contributed by atoms with Crippen LogP contribution in [-0.4, -0.2) is 47.5 Å². The Bertz CT molecular complexity index is 758. The lowest BCUT2D eigenvalue weighted by Gasteiger charge is -2.37. The molecule has 0 bridgehead atoms. The van der Waals surface area contributed by atoms with E-state index in [1.807, 2.05) is 49.9 Å². The summed E-state index contributed by atoms with van der Waals surface area (Å²) in [7, 11) is 0. The first-order valence-corrected chi connectivity index (χ1v) is 10.6. The van der Waals surface area contributed by atoms with E-state index in [-0.39, 0.29) is 24.0 Å². The topological polar surface area (TPSA) is 49.9 Å². The zero-order valence-electron chi connectivity index (χ0n) is 17.5. The maximum absolute atomic E-state index is 13.8. The second-order valence-electron chi connectivity index (χ2n) is 9.10. The number of likely N-dealkylation sites (tertiary alicyclic amines) is 1. The lowest BCUT2D eigenvalue weighted by molar-refractivity contribution is -0.124. The Balaban J connectivity index is 2.04. The summed E-state index contributed by atoms with van der Waals surface area (Å²) in [5, 5.41) is 0. The van der Waals surface area contributed by atoms with Crippen LogP contribution < -0.4 is 4.90 Å². The standard InChI is InChI=1S/C22H31ClN2O3/c1-15(2)18-22(11-14-25(18)20(27)28-21(3,4)5)16-9-6-7-10-17(16)24(19(22)26)13-8-12-23/h6-7,9-10,15,18H,8,11-14H2,1-5H3/t18-,22-/m0/s1. The normalized spacial score (nSPS) is 24.4. The molecule has 1 saturated heterocycles. The molecule has 2 amide bonds. The molecule has 28 heavy (non-hydrogen) atoms. The molecule has 0 unspecified atom stereocenters. The van der Waals surface area contributed by atoms with Gasteiger partial charge in [-0.3, -0.25) is 4.79 Å². The molecule has 2 aliphatic rings. The van der Waals surface area contributed by atoms with Crippen LogP contribution in [0, 0.1) is 5.92 Å². The predicted molar refractivity (Wildman–Crippen MR) is 112 cm³/mol. The van der Waals surface area contributed by atoms with Crippen LogP contribution in [-0.2, 0) is 14.9 Å². The van der Waals surface area contributed by atoms with E-state index in [0.717, 1.165) is 17.7 Å². The van der Waals surface area contributed by atoms with Crippen molar-refractivity contribution in [2.45, 2.75) is 64.5 Å². The van der Waals surface area contributed by atoms with Crippen LogP contribution in [0.1, 0.15) is 53.0 Å². The Labute approximate surface area is 173 Å². The summed E-state index contributed by atoms with van der Waals surface area (Å²) in [5.74, 6) is 0.708. The summed E-state index contributed by atoms with van der Waals surface area (Å²) in [6.07, 6.45) is 1.01. The Hall–Kier alpha value is -1.75. The number of nitrogens with zero attached hydrogens (tertiary/aromatic N) is 2. The molecule has 2 aliphatic heterocycles. The van der Waals surface area contributed by atoms with Crippen molar-refractivity contribution in [1.29, 1.82) is 0 Å². The first kappa shape index (κ1) is 21.0. The van der Waals surface area contributed by atoms with Gasteiger partial charge in [0.05, 0.1) is 11.5 Å². The van der Waals surface area contributed by atoms with Crippen LogP contribution in [0.5, 0.6) is 0 Å². The lowest BCUT2D eigenvalue weighted by Crippen LogP contribution is -2.54. The monoisotopic (exact) mass is 406 g/mol. The van der Waals surface area contributed by atoms with Gasteiger partial charge >= 0.3 is 6.09 Å². The van der Waals surface area contributed by atoms with Crippen molar-refractivity contribution in [3.05, 3.63) is 29.8 Å². The molecular weight excluding hydrogens is 376 g/mol. The number of hydrogen-bond acceptors (Lipinski definition) is 3. The average Bonchev–Trinajstić information content (AvgIpc) is 3.12. The zero-order chi connectivity index (χ0) is 20.7. The number of anilines is 1. The van der Waals surface area contributed by atoms with E-state index in [0.29, 0.717) is 25.4 Å². The maximum Gasteiger partial charge on any atom is 0.410 e. The first-order valence-electron chi connectivity index (χ1n) is 10.1. The van der Waals surface area contributed by atoms with E-state index in [9.17, 15) is 9.59 Å². The lowest BCUT2D eigenvalue weighted by atomic mass is 9.71. The fraction of sp³-hybridized carbons (Fsp3) is 0.636. The Kier molecular flexibility index (Phi) is 5.68. The highest BCUT2D eigenvalue weighted by molar-refractivity contribution is 6.18. The fourth-order valence-corrected chi connectivity index (χ4v) is 4.94. The van der Waals surface area contributed by atoms with Crippen molar-refractivity contribution >= 4 is 29.3 Å². The molecule has 1 fully saturated rings. The molecule has 3 rings (SSSR count). The molecule has 0 radical (unpaired) electrons. The largest absolute Gasteiger partial charge is 0.444 e. The van der Waals surface area contributed by atoms with E-state index < -0.39 is 11.0 Å². The van der Waals surface area contributed by atoms with Crippen molar-refractivity contribution in [2.75, 3.05) is 23.9 Å². The number of ether oxygens (including phenoxy) is 1. The second kappa shape index (κ2) is 7.58. The highest BCUT2D eigenvalue weighted by Gasteiger charge is 2.62. The van der Waals surface area contributed by atoms with Crippen LogP contribution in [0.3, 0.4) is 0 Å². The van der Waals surface area contributed by atoms with Crippen LogP contribution in [0.4, 0.5) is 10.5 Å². The summed E-state index contributed by atoms with van der Waals surface area (Å²) in [6.45, 7) is 10.9. The number of fused-ring (bicyclic) bond motifs is 2. The van der Waals surface area contributed by atoms with Gasteiger partial charge in [0.15, 0.2) is 0 Å². The molecule has 154 valence electrons. The number of para-hydroxylation sites is 1. The second-order valence-corrected chi connectivity index (χ2v) is 9.48. The van der Waals surface area contributed by atoms with Crippen LogP contribution >= 0.6 is 11.6 Å². The molecule has 6 heteroatoms. The number of carbonyl (C=O) groups excluding carboxylic acids is 2. The zero-order valence-corrected chi connectivity index (χ0v) is 18.3. The molecule has 1 spiro atoms. The number of halogens is 1. The van der Waals surface area contributed by atoms with Gasteiger partial charge < -0.3 is 14.5 Å². The molecule has 0 N–H and O–H groups in total. The molecule has 5 nitrogen and oxygen atoms in total. The molecule has 2 atom stereocenters. The van der Waals surface area contributed by atoms with E-state index in [2.05, 4.69) is 13.8 Å². The smallest absolute Gasteiger partial charge is 0.410 e. The first-order chi connectivity index (χ1) is 13.1. The number of rotatable bonds is 4. The van der Waals surface area contributed by atoms with Crippen molar-refractivity contribution in [3.8, 4) is 0 Å². The third-order valence-electron chi connectivity index (χ3n) is 5.66. The summed E-state index contributed by atoms with van der Waals surface area (Å²) in [6, 6.07) is 7.75. The highest BCUT2D eigenvalue weighted by Crippen LogP contribution is 2.52. The van der Waals surface area contributed by atoms with Gasteiger partial charge in [0.25, 0.3) is 0 Å². The van der Waals surface area contributed by atoms with Gasteiger partial charge in [0.1, 0.15) is 5.60 Å². The van der Waals surface area contributed by atoms with Crippen molar-refractivity contribution < 1.29 is 14.3 Å². The van der Waals surface area contributed by atoms with Crippen molar-refractivity contribution in [3.63, 3.8) is 0 Å². The minimum absolute atomic E-state index is 0.0866. The van der Waals surface area contributed by atoms with Gasteiger partial charge in [0, 0.05) is 24.7 Å². The van der Waals surface area contributed by atoms with Gasteiger partial charge in [-0.25, -0.2) is 4.79 Å². The molecule has 1 aromatic carbocycles. The SMILES string of the molecule is CC(C)[C@@H]1N(C(=O)OC(C)(C)C)CC[C@@]12C(=O)N(CCCCl)c1ccccc12. The van der Waals surface area contributed by atoms with Crippen molar-refractivity contribution in [2.24, 2.45) is 5.92 Å². The maximum atomic E-state index is 13.8. The fourth-order valence-electron chi connectivity index (χ4n) is 4.82. The Morgan fingerprint density at radius 2 is 2.00 bits per heavy atom. The number of amides is 2. The van der Waals surface area contributed by atoms with Gasteiger partial charge in [0.2, 0.25) is 5.91 Å². The Morgan fingerprint density at radius 3 is 2.61 bits per heavy atom. The van der Waals surface area contributed by atoms with E-state index >= 15 is 0 Å². The average molecular weight is 407 g/mol. The molecule has 2 heterocycles. The summed E-state index contributed by atoms with van der Waals surface area (Å²) in [5.41, 5.74) is 0.695. The number of carbonyl (C=O) groups is 2. The summed E-state index contributed by atoms with van der Waals surface area (Å²) in [4.78, 5) is 30.4. The molecule has 0 aliphatic carbocycles. The van der Waals surface area contributed by atoms with Gasteiger partial charge in [-0.1, -0.05) is 32.0 Å². The molecule has 1 aromatic rings. The molecular formula is C22H31ClN2O3. The van der Waals surface area contributed by atoms with Gasteiger partial charge in [-0.2, -0.15) is 0 Å². The van der Waals surface area contributed by atoms with E-state index in [1.54, 1.807) is 4.90 Å². The van der Waals surface area contributed by atoms with E-state index in [4.69, 9.17) is 16.3 Å². The van der Waals surface area contributed by atoms with Crippen LogP contribution in [0.15, 0.2) is 24.3 Å². The summed E-state index contributed by atoms with van der Waals surface area (Å²) < 4.78 is 5.66. The molecule has 0 saturated carbocycles.